The van der Waals surface area contributed by atoms with Gasteiger partial charge in [-0.1, -0.05) is 0 Å². The van der Waals surface area contributed by atoms with Crippen LogP contribution in [0.1, 0.15) is 12.0 Å². The van der Waals surface area contributed by atoms with Crippen molar-refractivity contribution >= 4 is 17.6 Å². The Balaban J connectivity index is 2.80. The van der Waals surface area contributed by atoms with Gasteiger partial charge in [-0.3, -0.25) is 19.7 Å². The number of nitro benzene ring substituents is 1. The monoisotopic (exact) mass is 269 g/mol. The number of hydrogen-bond donors (Lipinski definition) is 1. The molecule has 0 bridgehead atoms. The zero-order valence-corrected chi connectivity index (χ0v) is 9.99. The van der Waals surface area contributed by atoms with Crippen LogP contribution in [-0.4, -0.2) is 29.1 Å². The Labute approximate surface area is 107 Å². The van der Waals surface area contributed by atoms with Crippen LogP contribution in [0.5, 0.6) is 5.75 Å². The molecular formula is C11H11NO7. The number of ether oxygens (including phenoxy) is 2. The summed E-state index contributed by atoms with van der Waals surface area (Å²) in [4.78, 5) is 31.5. The number of benzene rings is 1. The number of nitrogens with zero attached hydrogens (tertiary/aromatic N) is 1. The Morgan fingerprint density at radius 1 is 1.42 bits per heavy atom. The SMILES string of the molecule is COc1ccc(COC(=O)CC(=O)O)c([N+](=O)[O-])c1. The fraction of sp³-hybridized carbons (Fsp3) is 0.273. The normalized spacial score (nSPS) is 9.74. The molecule has 19 heavy (non-hydrogen) atoms. The summed E-state index contributed by atoms with van der Waals surface area (Å²) in [6.45, 7) is -0.369. The highest BCUT2D eigenvalue weighted by Gasteiger charge is 2.17. The summed E-state index contributed by atoms with van der Waals surface area (Å²) in [6.07, 6.45) is -0.788. The van der Waals surface area contributed by atoms with E-state index >= 15 is 0 Å². The van der Waals surface area contributed by atoms with Gasteiger partial charge < -0.3 is 14.6 Å². The Morgan fingerprint density at radius 2 is 2.11 bits per heavy atom. The molecular weight excluding hydrogens is 258 g/mol. The standard InChI is InChI=1S/C11H11NO7/c1-18-8-3-2-7(9(4-8)12(16)17)6-19-11(15)5-10(13)14/h2-4H,5-6H2,1H3,(H,13,14). The van der Waals surface area contributed by atoms with E-state index in [1.54, 1.807) is 0 Å². The largest absolute Gasteiger partial charge is 0.497 e. The predicted molar refractivity (Wildman–Crippen MR) is 61.7 cm³/mol. The molecule has 0 spiro atoms. The van der Waals surface area contributed by atoms with Gasteiger partial charge in [-0.2, -0.15) is 0 Å². The summed E-state index contributed by atoms with van der Waals surface area (Å²) in [7, 11) is 1.37. The maximum atomic E-state index is 11.0. The topological polar surface area (TPSA) is 116 Å². The molecule has 0 aliphatic heterocycles. The van der Waals surface area contributed by atoms with E-state index in [2.05, 4.69) is 4.74 Å². The summed E-state index contributed by atoms with van der Waals surface area (Å²) >= 11 is 0. The Hall–Kier alpha value is -2.64. The van der Waals surface area contributed by atoms with E-state index in [1.807, 2.05) is 0 Å². The number of carbonyl (C=O) groups is 2. The fourth-order valence-corrected chi connectivity index (χ4v) is 1.30. The van der Waals surface area contributed by atoms with E-state index in [4.69, 9.17) is 9.84 Å². The molecule has 0 amide bonds. The van der Waals surface area contributed by atoms with Crippen molar-refractivity contribution < 1.29 is 29.1 Å². The first-order valence-corrected chi connectivity index (χ1v) is 5.12. The maximum absolute atomic E-state index is 11.0. The third-order valence-electron chi connectivity index (χ3n) is 2.17. The van der Waals surface area contributed by atoms with E-state index in [0.29, 0.717) is 5.75 Å². The molecule has 0 heterocycles. The minimum Gasteiger partial charge on any atom is -0.497 e. The number of hydrogen-bond acceptors (Lipinski definition) is 6. The summed E-state index contributed by atoms with van der Waals surface area (Å²) in [5.74, 6) is -1.99. The van der Waals surface area contributed by atoms with Crippen molar-refractivity contribution in [2.24, 2.45) is 0 Å². The lowest BCUT2D eigenvalue weighted by Gasteiger charge is -2.06. The van der Waals surface area contributed by atoms with Crippen LogP contribution in [0.3, 0.4) is 0 Å². The average molecular weight is 269 g/mol. The Bertz CT molecular complexity index is 512. The zero-order chi connectivity index (χ0) is 14.4. The second-order valence-electron chi connectivity index (χ2n) is 3.48. The molecule has 0 saturated heterocycles. The van der Waals surface area contributed by atoms with Gasteiger partial charge in [0.1, 0.15) is 18.8 Å². The third kappa shape index (κ3) is 4.26. The van der Waals surface area contributed by atoms with Crippen LogP contribution in [0.2, 0.25) is 0 Å². The van der Waals surface area contributed by atoms with Crippen molar-refractivity contribution in [2.45, 2.75) is 13.0 Å². The average Bonchev–Trinajstić information content (AvgIpc) is 2.35. The fourth-order valence-electron chi connectivity index (χ4n) is 1.30. The van der Waals surface area contributed by atoms with Crippen LogP contribution in [-0.2, 0) is 20.9 Å². The highest BCUT2D eigenvalue weighted by Crippen LogP contribution is 2.25. The number of methoxy groups -OCH3 is 1. The molecule has 8 nitrogen and oxygen atoms in total. The molecule has 0 radical (unpaired) electrons. The van der Waals surface area contributed by atoms with Crippen LogP contribution in [0.15, 0.2) is 18.2 Å². The number of esters is 1. The summed E-state index contributed by atoms with van der Waals surface area (Å²) in [6, 6.07) is 4.05. The highest BCUT2D eigenvalue weighted by molar-refractivity contribution is 5.90. The van der Waals surface area contributed by atoms with Crippen LogP contribution >= 0.6 is 0 Å². The molecule has 1 aromatic rings. The molecule has 1 N–H and O–H groups in total. The lowest BCUT2D eigenvalue weighted by molar-refractivity contribution is -0.385. The van der Waals surface area contributed by atoms with E-state index in [-0.39, 0.29) is 17.9 Å². The van der Waals surface area contributed by atoms with Crippen LogP contribution in [0, 0.1) is 10.1 Å². The second kappa shape index (κ2) is 6.34. The van der Waals surface area contributed by atoms with Crippen LogP contribution in [0.4, 0.5) is 5.69 Å². The lowest BCUT2D eigenvalue weighted by Crippen LogP contribution is -2.11. The number of carboxylic acids is 1. The van der Waals surface area contributed by atoms with E-state index in [0.717, 1.165) is 0 Å². The van der Waals surface area contributed by atoms with Crippen molar-refractivity contribution in [1.29, 1.82) is 0 Å². The van der Waals surface area contributed by atoms with Gasteiger partial charge in [-0.15, -0.1) is 0 Å². The van der Waals surface area contributed by atoms with Gasteiger partial charge in [0.05, 0.1) is 23.7 Å². The maximum Gasteiger partial charge on any atom is 0.317 e. The van der Waals surface area contributed by atoms with Crippen molar-refractivity contribution in [3.63, 3.8) is 0 Å². The molecule has 0 aliphatic carbocycles. The van der Waals surface area contributed by atoms with Gasteiger partial charge in [0.25, 0.3) is 5.69 Å². The minimum absolute atomic E-state index is 0.157. The van der Waals surface area contributed by atoms with Crippen molar-refractivity contribution in [2.75, 3.05) is 7.11 Å². The zero-order valence-electron chi connectivity index (χ0n) is 9.99. The number of carbonyl (C=O) groups excluding carboxylic acids is 1. The van der Waals surface area contributed by atoms with Gasteiger partial charge in [-0.25, -0.2) is 0 Å². The van der Waals surface area contributed by atoms with Crippen LogP contribution < -0.4 is 4.74 Å². The minimum atomic E-state index is -1.32. The molecule has 1 aromatic carbocycles. The van der Waals surface area contributed by atoms with Gasteiger partial charge in [-0.05, 0) is 12.1 Å². The first kappa shape index (κ1) is 14.4. The van der Waals surface area contributed by atoms with Crippen molar-refractivity contribution in [3.05, 3.63) is 33.9 Å². The highest BCUT2D eigenvalue weighted by atomic mass is 16.6. The van der Waals surface area contributed by atoms with Crippen molar-refractivity contribution in [3.8, 4) is 5.75 Å². The molecule has 1 rings (SSSR count). The molecule has 8 heteroatoms. The number of rotatable bonds is 6. The van der Waals surface area contributed by atoms with E-state index in [1.165, 1.54) is 25.3 Å². The second-order valence-corrected chi connectivity index (χ2v) is 3.48. The van der Waals surface area contributed by atoms with Gasteiger partial charge in [0.15, 0.2) is 0 Å². The molecule has 0 saturated carbocycles. The molecule has 102 valence electrons. The third-order valence-corrected chi connectivity index (χ3v) is 2.17. The van der Waals surface area contributed by atoms with Gasteiger partial charge in [0.2, 0.25) is 0 Å². The summed E-state index contributed by atoms with van der Waals surface area (Å²) in [5, 5.41) is 19.2. The van der Waals surface area contributed by atoms with Crippen LogP contribution in [0.25, 0.3) is 0 Å². The first-order chi connectivity index (χ1) is 8.93. The molecule has 0 fully saturated rings. The van der Waals surface area contributed by atoms with E-state index < -0.39 is 23.3 Å². The molecule has 0 aromatic heterocycles. The lowest BCUT2D eigenvalue weighted by atomic mass is 10.2. The predicted octanol–water partition coefficient (Wildman–Crippen LogP) is 1.12. The Morgan fingerprint density at radius 3 is 2.63 bits per heavy atom. The number of nitro groups is 1. The molecule has 0 atom stereocenters. The summed E-state index contributed by atoms with van der Waals surface area (Å²) < 4.78 is 9.49. The summed E-state index contributed by atoms with van der Waals surface area (Å²) in [5.41, 5.74) is -0.105. The van der Waals surface area contributed by atoms with Gasteiger partial charge in [0, 0.05) is 0 Å². The van der Waals surface area contributed by atoms with Gasteiger partial charge >= 0.3 is 11.9 Å². The number of carboxylic acid groups (broad SMARTS) is 1. The van der Waals surface area contributed by atoms with E-state index in [9.17, 15) is 19.7 Å². The molecule has 0 aliphatic rings. The Kier molecular flexibility index (Phi) is 4.81. The molecule has 0 unspecified atom stereocenters. The number of aliphatic carboxylic acids is 1. The van der Waals surface area contributed by atoms with Crippen molar-refractivity contribution in [1.82, 2.24) is 0 Å². The quantitative estimate of drug-likeness (QED) is 0.356. The smallest absolute Gasteiger partial charge is 0.317 e. The first-order valence-electron chi connectivity index (χ1n) is 5.12.